The van der Waals surface area contributed by atoms with Gasteiger partial charge in [-0.1, -0.05) is 48.0 Å². The van der Waals surface area contributed by atoms with Gasteiger partial charge in [0.1, 0.15) is 16.7 Å². The minimum Gasteiger partial charge on any atom is -0.339 e. The van der Waals surface area contributed by atoms with Gasteiger partial charge in [-0.3, -0.25) is 4.79 Å². The predicted molar refractivity (Wildman–Crippen MR) is 97.9 cm³/mol. The third-order valence-corrected chi connectivity index (χ3v) is 3.86. The van der Waals surface area contributed by atoms with E-state index in [1.807, 2.05) is 61.5 Å². The number of rotatable bonds is 3. The van der Waals surface area contributed by atoms with Crippen molar-refractivity contribution in [2.75, 3.05) is 5.32 Å². The standard InChI is InChI=1S/C19H15N5O/c1-12-7-9-14(10-8-12)21-18-16-15(11-20-24-19(16)25)22-17(23-18)13-5-3-2-4-6-13/h2-11H,1H3,(H,24,25)(H,21,22,23). The van der Waals surface area contributed by atoms with E-state index in [2.05, 4.69) is 25.5 Å². The highest BCUT2D eigenvalue weighted by Gasteiger charge is 2.13. The molecule has 25 heavy (non-hydrogen) atoms. The fourth-order valence-corrected chi connectivity index (χ4v) is 2.58. The summed E-state index contributed by atoms with van der Waals surface area (Å²) in [5.41, 5.74) is 3.04. The number of nitrogens with one attached hydrogen (secondary N) is 2. The third kappa shape index (κ3) is 2.97. The molecule has 0 saturated carbocycles. The lowest BCUT2D eigenvalue weighted by atomic mass is 10.2. The molecule has 0 aliphatic rings. The van der Waals surface area contributed by atoms with Crippen LogP contribution in [0.5, 0.6) is 0 Å². The van der Waals surface area contributed by atoms with Gasteiger partial charge in [0.05, 0.1) is 6.20 Å². The molecule has 0 bridgehead atoms. The first-order valence-corrected chi connectivity index (χ1v) is 7.85. The molecule has 0 amide bonds. The fraction of sp³-hybridized carbons (Fsp3) is 0.0526. The van der Waals surface area contributed by atoms with Gasteiger partial charge in [0.2, 0.25) is 0 Å². The van der Waals surface area contributed by atoms with Crippen molar-refractivity contribution in [3.63, 3.8) is 0 Å². The van der Waals surface area contributed by atoms with E-state index in [0.29, 0.717) is 22.5 Å². The second-order valence-electron chi connectivity index (χ2n) is 5.71. The normalized spacial score (nSPS) is 10.8. The lowest BCUT2D eigenvalue weighted by Crippen LogP contribution is -2.12. The van der Waals surface area contributed by atoms with Crippen molar-refractivity contribution < 1.29 is 0 Å². The zero-order valence-corrected chi connectivity index (χ0v) is 13.5. The van der Waals surface area contributed by atoms with Gasteiger partial charge in [-0.2, -0.15) is 5.10 Å². The molecule has 6 heteroatoms. The summed E-state index contributed by atoms with van der Waals surface area (Å²) in [5.74, 6) is 0.992. The zero-order chi connectivity index (χ0) is 17.2. The van der Waals surface area contributed by atoms with Crippen molar-refractivity contribution in [2.24, 2.45) is 0 Å². The number of aromatic nitrogens is 4. The average Bonchev–Trinajstić information content (AvgIpc) is 2.64. The van der Waals surface area contributed by atoms with E-state index >= 15 is 0 Å². The topological polar surface area (TPSA) is 83.6 Å². The van der Waals surface area contributed by atoms with Crippen LogP contribution in [0.25, 0.3) is 22.3 Å². The summed E-state index contributed by atoms with van der Waals surface area (Å²) in [4.78, 5) is 21.3. The lowest BCUT2D eigenvalue weighted by molar-refractivity contribution is 1.00. The number of benzene rings is 2. The second kappa shape index (κ2) is 6.16. The Labute approximate surface area is 143 Å². The molecule has 4 rings (SSSR count). The SMILES string of the molecule is Cc1ccc(Nc2nc(-c3ccccc3)nc3cn[nH]c(=O)c23)cc1. The highest BCUT2D eigenvalue weighted by molar-refractivity contribution is 5.90. The van der Waals surface area contributed by atoms with Crippen LogP contribution in [0, 0.1) is 6.92 Å². The van der Waals surface area contributed by atoms with Crippen molar-refractivity contribution in [3.05, 3.63) is 76.7 Å². The molecule has 0 aliphatic carbocycles. The minimum atomic E-state index is -0.327. The van der Waals surface area contributed by atoms with Crippen molar-refractivity contribution in [2.45, 2.75) is 6.92 Å². The Morgan fingerprint density at radius 3 is 2.48 bits per heavy atom. The van der Waals surface area contributed by atoms with E-state index in [4.69, 9.17) is 0 Å². The van der Waals surface area contributed by atoms with E-state index in [1.165, 1.54) is 6.20 Å². The Bertz CT molecular complexity index is 1090. The molecule has 2 heterocycles. The van der Waals surface area contributed by atoms with Crippen LogP contribution in [0.15, 0.2) is 65.6 Å². The van der Waals surface area contributed by atoms with E-state index in [1.54, 1.807) is 0 Å². The molecule has 2 N–H and O–H groups in total. The summed E-state index contributed by atoms with van der Waals surface area (Å²) in [6, 6.07) is 17.5. The molecule has 0 unspecified atom stereocenters. The maximum absolute atomic E-state index is 12.3. The Kier molecular flexibility index (Phi) is 3.70. The van der Waals surface area contributed by atoms with Crippen LogP contribution in [0.3, 0.4) is 0 Å². The monoisotopic (exact) mass is 329 g/mol. The molecule has 0 saturated heterocycles. The van der Waals surface area contributed by atoms with E-state index in [0.717, 1.165) is 16.8 Å². The van der Waals surface area contributed by atoms with Crippen LogP contribution < -0.4 is 10.9 Å². The van der Waals surface area contributed by atoms with Crippen LogP contribution in [-0.2, 0) is 0 Å². The van der Waals surface area contributed by atoms with Crippen LogP contribution in [0.4, 0.5) is 11.5 Å². The van der Waals surface area contributed by atoms with Crippen LogP contribution >= 0.6 is 0 Å². The van der Waals surface area contributed by atoms with Crippen molar-refractivity contribution >= 4 is 22.4 Å². The predicted octanol–water partition coefficient (Wildman–Crippen LogP) is 3.43. The average molecular weight is 329 g/mol. The number of fused-ring (bicyclic) bond motifs is 1. The number of anilines is 2. The quantitative estimate of drug-likeness (QED) is 0.601. The number of H-pyrrole nitrogens is 1. The molecule has 4 aromatic rings. The summed E-state index contributed by atoms with van der Waals surface area (Å²) in [5, 5.41) is 9.91. The second-order valence-corrected chi connectivity index (χ2v) is 5.71. The first-order chi connectivity index (χ1) is 12.2. The van der Waals surface area contributed by atoms with Crippen molar-refractivity contribution in [3.8, 4) is 11.4 Å². The Hall–Kier alpha value is -3.54. The summed E-state index contributed by atoms with van der Waals surface area (Å²) >= 11 is 0. The molecule has 2 aromatic heterocycles. The molecule has 6 nitrogen and oxygen atoms in total. The minimum absolute atomic E-state index is 0.327. The summed E-state index contributed by atoms with van der Waals surface area (Å²) in [6.45, 7) is 2.02. The van der Waals surface area contributed by atoms with Gasteiger partial charge in [-0.05, 0) is 19.1 Å². The molecule has 0 fully saturated rings. The molecular formula is C19H15N5O. The van der Waals surface area contributed by atoms with Crippen molar-refractivity contribution in [1.82, 2.24) is 20.2 Å². The first kappa shape index (κ1) is 15.0. The first-order valence-electron chi connectivity index (χ1n) is 7.85. The third-order valence-electron chi connectivity index (χ3n) is 3.86. The molecule has 0 aliphatic heterocycles. The highest BCUT2D eigenvalue weighted by Crippen LogP contribution is 2.24. The number of nitrogens with zero attached hydrogens (tertiary/aromatic N) is 3. The Morgan fingerprint density at radius 2 is 1.72 bits per heavy atom. The van der Waals surface area contributed by atoms with Gasteiger partial charge >= 0.3 is 0 Å². The molecule has 0 atom stereocenters. The summed E-state index contributed by atoms with van der Waals surface area (Å²) < 4.78 is 0. The number of aryl methyl sites for hydroxylation is 1. The zero-order valence-electron chi connectivity index (χ0n) is 13.5. The molecular weight excluding hydrogens is 314 g/mol. The lowest BCUT2D eigenvalue weighted by Gasteiger charge is -2.10. The van der Waals surface area contributed by atoms with Gasteiger partial charge in [-0.25, -0.2) is 15.1 Å². The van der Waals surface area contributed by atoms with E-state index < -0.39 is 0 Å². The summed E-state index contributed by atoms with van der Waals surface area (Å²) in [6.07, 6.45) is 1.53. The van der Waals surface area contributed by atoms with Crippen molar-refractivity contribution in [1.29, 1.82) is 0 Å². The molecule has 0 spiro atoms. The van der Waals surface area contributed by atoms with Gasteiger partial charge in [0, 0.05) is 11.3 Å². The summed E-state index contributed by atoms with van der Waals surface area (Å²) in [7, 11) is 0. The number of aromatic amines is 1. The van der Waals surface area contributed by atoms with E-state index in [-0.39, 0.29) is 5.56 Å². The maximum Gasteiger partial charge on any atom is 0.277 e. The van der Waals surface area contributed by atoms with Crippen LogP contribution in [0.1, 0.15) is 5.56 Å². The molecule has 2 aromatic carbocycles. The number of hydrogen-bond acceptors (Lipinski definition) is 5. The van der Waals surface area contributed by atoms with Crippen LogP contribution in [0.2, 0.25) is 0 Å². The van der Waals surface area contributed by atoms with E-state index in [9.17, 15) is 4.79 Å². The fourth-order valence-electron chi connectivity index (χ4n) is 2.58. The smallest absolute Gasteiger partial charge is 0.277 e. The van der Waals surface area contributed by atoms with Crippen LogP contribution in [-0.4, -0.2) is 20.2 Å². The maximum atomic E-state index is 12.3. The highest BCUT2D eigenvalue weighted by atomic mass is 16.1. The molecule has 0 radical (unpaired) electrons. The largest absolute Gasteiger partial charge is 0.339 e. The van der Waals surface area contributed by atoms with Gasteiger partial charge in [-0.15, -0.1) is 0 Å². The number of hydrogen-bond donors (Lipinski definition) is 2. The van der Waals surface area contributed by atoms with Gasteiger partial charge in [0.15, 0.2) is 5.82 Å². The Morgan fingerprint density at radius 1 is 0.960 bits per heavy atom. The van der Waals surface area contributed by atoms with Gasteiger partial charge in [0.25, 0.3) is 5.56 Å². The van der Waals surface area contributed by atoms with Gasteiger partial charge < -0.3 is 5.32 Å². The Balaban J connectivity index is 1.91. The molecule has 122 valence electrons.